The zero-order valence-corrected chi connectivity index (χ0v) is 12.5. The van der Waals surface area contributed by atoms with Gasteiger partial charge in [-0.2, -0.15) is 5.26 Å². The van der Waals surface area contributed by atoms with Crippen LogP contribution in [0.1, 0.15) is 25.8 Å². The number of hydrogen-bond acceptors (Lipinski definition) is 4. The van der Waals surface area contributed by atoms with E-state index in [0.29, 0.717) is 17.9 Å². The minimum absolute atomic E-state index is 0.0311. The molecule has 5 nitrogen and oxygen atoms in total. The highest BCUT2D eigenvalue weighted by atomic mass is 16.5. The Hall–Kier alpha value is -1.90. The van der Waals surface area contributed by atoms with E-state index in [9.17, 15) is 4.79 Å². The molecule has 112 valence electrons. The lowest BCUT2D eigenvalue weighted by molar-refractivity contribution is -0.124. The van der Waals surface area contributed by atoms with E-state index < -0.39 is 0 Å². The molecule has 1 amide bonds. The molecule has 1 aliphatic rings. The Morgan fingerprint density at radius 1 is 1.52 bits per heavy atom. The second kappa shape index (κ2) is 7.21. The zero-order chi connectivity index (χ0) is 15.2. The van der Waals surface area contributed by atoms with Gasteiger partial charge in [-0.05, 0) is 37.6 Å². The third kappa shape index (κ3) is 4.03. The van der Waals surface area contributed by atoms with Crippen LogP contribution in [-0.4, -0.2) is 42.6 Å². The van der Waals surface area contributed by atoms with Crippen molar-refractivity contribution in [3.63, 3.8) is 0 Å². The topological polar surface area (TPSA) is 65.4 Å². The first kappa shape index (κ1) is 15.5. The molecule has 5 heteroatoms. The fourth-order valence-corrected chi connectivity index (χ4v) is 2.38. The van der Waals surface area contributed by atoms with Gasteiger partial charge < -0.3 is 10.1 Å². The predicted octanol–water partition coefficient (Wildman–Crippen LogP) is 2.00. The SMILES string of the molecule is CCC1CN(C(C)C(=O)Nc2ccc(C#N)cc2)CCO1. The van der Waals surface area contributed by atoms with Gasteiger partial charge in [-0.25, -0.2) is 0 Å². The summed E-state index contributed by atoms with van der Waals surface area (Å²) in [6, 6.07) is 8.75. The number of carbonyl (C=O) groups is 1. The van der Waals surface area contributed by atoms with Crippen molar-refractivity contribution < 1.29 is 9.53 Å². The van der Waals surface area contributed by atoms with Crippen LogP contribution in [0.3, 0.4) is 0 Å². The molecule has 2 rings (SSSR count). The molecular weight excluding hydrogens is 266 g/mol. The standard InChI is InChI=1S/C16H21N3O2/c1-3-15-11-19(8-9-21-15)12(2)16(20)18-14-6-4-13(10-17)5-7-14/h4-7,12,15H,3,8-9,11H2,1-2H3,(H,18,20). The number of ether oxygens (including phenoxy) is 1. The lowest BCUT2D eigenvalue weighted by Gasteiger charge is -2.35. The largest absolute Gasteiger partial charge is 0.376 e. The normalized spacial score (nSPS) is 20.5. The molecule has 1 N–H and O–H groups in total. The fourth-order valence-electron chi connectivity index (χ4n) is 2.38. The maximum Gasteiger partial charge on any atom is 0.241 e. The van der Waals surface area contributed by atoms with Crippen molar-refractivity contribution in [2.45, 2.75) is 32.4 Å². The van der Waals surface area contributed by atoms with Crippen molar-refractivity contribution in [1.82, 2.24) is 4.90 Å². The predicted molar refractivity (Wildman–Crippen MR) is 80.9 cm³/mol. The maximum atomic E-state index is 12.3. The smallest absolute Gasteiger partial charge is 0.241 e. The van der Waals surface area contributed by atoms with Crippen LogP contribution >= 0.6 is 0 Å². The Labute approximate surface area is 125 Å². The summed E-state index contributed by atoms with van der Waals surface area (Å²) in [5.74, 6) is -0.0311. The Balaban J connectivity index is 1.94. The van der Waals surface area contributed by atoms with Crippen molar-refractivity contribution in [2.75, 3.05) is 25.0 Å². The highest BCUT2D eigenvalue weighted by molar-refractivity contribution is 5.94. The average molecular weight is 287 g/mol. The molecule has 1 fully saturated rings. The van der Waals surface area contributed by atoms with Gasteiger partial charge in [-0.15, -0.1) is 0 Å². The average Bonchev–Trinajstić information content (AvgIpc) is 2.54. The van der Waals surface area contributed by atoms with Crippen molar-refractivity contribution in [1.29, 1.82) is 5.26 Å². The van der Waals surface area contributed by atoms with Crippen molar-refractivity contribution in [2.24, 2.45) is 0 Å². The van der Waals surface area contributed by atoms with Crippen LogP contribution < -0.4 is 5.32 Å². The van der Waals surface area contributed by atoms with E-state index in [2.05, 4.69) is 23.2 Å². The summed E-state index contributed by atoms with van der Waals surface area (Å²) < 4.78 is 5.63. The van der Waals surface area contributed by atoms with Gasteiger partial charge in [0.2, 0.25) is 5.91 Å². The first-order valence-corrected chi connectivity index (χ1v) is 7.30. The maximum absolute atomic E-state index is 12.3. The van der Waals surface area contributed by atoms with Crippen molar-refractivity contribution >= 4 is 11.6 Å². The molecule has 1 heterocycles. The second-order valence-electron chi connectivity index (χ2n) is 5.25. The summed E-state index contributed by atoms with van der Waals surface area (Å²) in [6.45, 7) is 6.25. The lowest BCUT2D eigenvalue weighted by atomic mass is 10.1. The second-order valence-corrected chi connectivity index (χ2v) is 5.25. The van der Waals surface area contributed by atoms with E-state index >= 15 is 0 Å². The van der Waals surface area contributed by atoms with E-state index in [-0.39, 0.29) is 18.1 Å². The minimum Gasteiger partial charge on any atom is -0.376 e. The van der Waals surface area contributed by atoms with Gasteiger partial charge in [-0.1, -0.05) is 6.92 Å². The molecule has 0 saturated carbocycles. The number of nitriles is 1. The summed E-state index contributed by atoms with van der Waals surface area (Å²) in [4.78, 5) is 14.5. The number of amides is 1. The van der Waals surface area contributed by atoms with E-state index in [1.165, 1.54) is 0 Å². The number of carbonyl (C=O) groups excluding carboxylic acids is 1. The summed E-state index contributed by atoms with van der Waals surface area (Å²) >= 11 is 0. The highest BCUT2D eigenvalue weighted by Crippen LogP contribution is 2.14. The summed E-state index contributed by atoms with van der Waals surface area (Å²) in [6.07, 6.45) is 1.17. The van der Waals surface area contributed by atoms with Gasteiger partial charge in [0.15, 0.2) is 0 Å². The molecule has 1 aromatic rings. The molecule has 0 aromatic heterocycles. The van der Waals surface area contributed by atoms with Crippen molar-refractivity contribution in [3.8, 4) is 6.07 Å². The van der Waals surface area contributed by atoms with Crippen molar-refractivity contribution in [3.05, 3.63) is 29.8 Å². The number of anilines is 1. The Morgan fingerprint density at radius 3 is 2.86 bits per heavy atom. The number of hydrogen-bond donors (Lipinski definition) is 1. The molecule has 0 aliphatic carbocycles. The van der Waals surface area contributed by atoms with E-state index in [4.69, 9.17) is 10.00 Å². The summed E-state index contributed by atoms with van der Waals surface area (Å²) in [7, 11) is 0. The summed E-state index contributed by atoms with van der Waals surface area (Å²) in [5.41, 5.74) is 1.30. The molecule has 21 heavy (non-hydrogen) atoms. The molecule has 1 aromatic carbocycles. The van der Waals surface area contributed by atoms with Gasteiger partial charge in [0.05, 0.1) is 30.4 Å². The van der Waals surface area contributed by atoms with E-state index in [1.54, 1.807) is 24.3 Å². The summed E-state index contributed by atoms with van der Waals surface area (Å²) in [5, 5.41) is 11.7. The first-order valence-electron chi connectivity index (χ1n) is 7.30. The van der Waals surface area contributed by atoms with Gasteiger partial charge in [0.25, 0.3) is 0 Å². The lowest BCUT2D eigenvalue weighted by Crippen LogP contribution is -2.50. The molecule has 2 unspecified atom stereocenters. The van der Waals surface area contributed by atoms with Crippen LogP contribution in [-0.2, 0) is 9.53 Å². The number of nitrogens with zero attached hydrogens (tertiary/aromatic N) is 2. The van der Waals surface area contributed by atoms with Crippen LogP contribution in [0.4, 0.5) is 5.69 Å². The Kier molecular flexibility index (Phi) is 5.32. The third-order valence-corrected chi connectivity index (χ3v) is 3.83. The number of benzene rings is 1. The number of morpholine rings is 1. The molecule has 0 bridgehead atoms. The molecule has 1 aliphatic heterocycles. The molecule has 0 radical (unpaired) electrons. The molecule has 1 saturated heterocycles. The monoisotopic (exact) mass is 287 g/mol. The molecule has 2 atom stereocenters. The molecular formula is C16H21N3O2. The Bertz CT molecular complexity index is 521. The quantitative estimate of drug-likeness (QED) is 0.920. The minimum atomic E-state index is -0.196. The van der Waals surface area contributed by atoms with E-state index in [0.717, 1.165) is 19.5 Å². The van der Waals surface area contributed by atoms with Crippen LogP contribution in [0.25, 0.3) is 0 Å². The third-order valence-electron chi connectivity index (χ3n) is 3.83. The number of rotatable bonds is 4. The highest BCUT2D eigenvalue weighted by Gasteiger charge is 2.27. The van der Waals surface area contributed by atoms with Crippen LogP contribution in [0.5, 0.6) is 0 Å². The Morgan fingerprint density at radius 2 is 2.24 bits per heavy atom. The number of nitrogens with one attached hydrogen (secondary N) is 1. The van der Waals surface area contributed by atoms with Gasteiger partial charge in [-0.3, -0.25) is 9.69 Å². The van der Waals surface area contributed by atoms with Gasteiger partial charge in [0, 0.05) is 18.8 Å². The van der Waals surface area contributed by atoms with Crippen LogP contribution in [0.15, 0.2) is 24.3 Å². The van der Waals surface area contributed by atoms with Gasteiger partial charge >= 0.3 is 0 Å². The van der Waals surface area contributed by atoms with E-state index in [1.807, 2.05) is 6.92 Å². The van der Waals surface area contributed by atoms with Gasteiger partial charge in [0.1, 0.15) is 0 Å². The zero-order valence-electron chi connectivity index (χ0n) is 12.5. The van der Waals surface area contributed by atoms with Crippen LogP contribution in [0.2, 0.25) is 0 Å². The molecule has 0 spiro atoms. The first-order chi connectivity index (χ1) is 10.1. The fraction of sp³-hybridized carbons (Fsp3) is 0.500. The van der Waals surface area contributed by atoms with Crippen LogP contribution in [0, 0.1) is 11.3 Å².